The van der Waals surface area contributed by atoms with Crippen LogP contribution in [0.25, 0.3) is 0 Å². The average molecular weight is 418 g/mol. The summed E-state index contributed by atoms with van der Waals surface area (Å²) in [5.41, 5.74) is 4.85. The third-order valence-electron chi connectivity index (χ3n) is 2.75. The van der Waals surface area contributed by atoms with Crippen LogP contribution in [-0.4, -0.2) is 18.3 Å². The Morgan fingerprint density at radius 1 is 0.960 bits per heavy atom. The molecule has 0 heterocycles. The highest BCUT2D eigenvalue weighted by atomic mass is 79.9. The Hall–Kier alpha value is -2.75. The number of carbonyl (C=O) groups is 2. The lowest BCUT2D eigenvalue weighted by Crippen LogP contribution is -2.44. The third kappa shape index (κ3) is 5.99. The van der Waals surface area contributed by atoms with Gasteiger partial charge in [0.25, 0.3) is 5.91 Å². The van der Waals surface area contributed by atoms with Gasteiger partial charge in [-0.3, -0.25) is 10.2 Å². The molecule has 0 radical (unpaired) electrons. The quantitative estimate of drug-likeness (QED) is 0.664. The van der Waals surface area contributed by atoms with Gasteiger partial charge in [-0.1, -0.05) is 12.1 Å². The molecule has 0 fully saturated rings. The number of nitrogens with one attached hydrogen (secondary N) is 3. The van der Waals surface area contributed by atoms with Crippen molar-refractivity contribution in [1.29, 1.82) is 0 Å². The number of rotatable bonds is 3. The van der Waals surface area contributed by atoms with E-state index in [1.165, 1.54) is 12.1 Å². The number of carbonyl (C=O) groups excluding carboxylic acids is 2. The molecule has 0 unspecified atom stereocenters. The number of benzene rings is 2. The van der Waals surface area contributed by atoms with Crippen LogP contribution in [0.5, 0.6) is 5.75 Å². The largest absolute Gasteiger partial charge is 0.573 e. The molecule has 3 amide bonds. The first kappa shape index (κ1) is 18.6. The van der Waals surface area contributed by atoms with Gasteiger partial charge in [-0.15, -0.1) is 13.2 Å². The predicted molar refractivity (Wildman–Crippen MR) is 86.9 cm³/mol. The van der Waals surface area contributed by atoms with Crippen LogP contribution in [0.15, 0.2) is 53.0 Å². The summed E-state index contributed by atoms with van der Waals surface area (Å²) < 4.78 is 40.4. The number of alkyl halides is 3. The van der Waals surface area contributed by atoms with Crippen molar-refractivity contribution in [2.24, 2.45) is 0 Å². The maximum absolute atomic E-state index is 12.1. The Kier molecular flexibility index (Phi) is 5.86. The lowest BCUT2D eigenvalue weighted by molar-refractivity contribution is -0.274. The molecule has 132 valence electrons. The van der Waals surface area contributed by atoms with Gasteiger partial charge in [0.2, 0.25) is 0 Å². The normalized spacial score (nSPS) is 10.7. The average Bonchev–Trinajstić information content (AvgIpc) is 2.53. The van der Waals surface area contributed by atoms with Crippen molar-refractivity contribution in [2.45, 2.75) is 6.36 Å². The molecule has 0 bridgehead atoms. The number of anilines is 1. The standard InChI is InChI=1S/C15H11BrF3N3O3/c16-12-4-2-1-3-11(12)13(23)21-22-14(24)20-9-5-7-10(8-6-9)25-15(17,18)19/h1-8H,(H,21,23)(H2,20,22,24). The van der Waals surface area contributed by atoms with E-state index in [0.717, 1.165) is 12.1 Å². The summed E-state index contributed by atoms with van der Waals surface area (Å²) in [7, 11) is 0. The van der Waals surface area contributed by atoms with E-state index in [0.29, 0.717) is 10.0 Å². The molecule has 0 aliphatic carbocycles. The Bertz CT molecular complexity index is 767. The van der Waals surface area contributed by atoms with Crippen LogP contribution in [-0.2, 0) is 0 Å². The molecular formula is C15H11BrF3N3O3. The zero-order valence-electron chi connectivity index (χ0n) is 12.4. The highest BCUT2D eigenvalue weighted by Gasteiger charge is 2.30. The maximum atomic E-state index is 12.1. The number of hydrazine groups is 1. The highest BCUT2D eigenvalue weighted by molar-refractivity contribution is 9.10. The van der Waals surface area contributed by atoms with Gasteiger partial charge < -0.3 is 10.1 Å². The summed E-state index contributed by atoms with van der Waals surface area (Å²) in [4.78, 5) is 23.6. The Morgan fingerprint density at radius 3 is 2.20 bits per heavy atom. The van der Waals surface area contributed by atoms with Crippen LogP contribution < -0.4 is 20.9 Å². The minimum atomic E-state index is -4.79. The van der Waals surface area contributed by atoms with Gasteiger partial charge in [-0.25, -0.2) is 10.2 Å². The molecule has 0 aliphatic rings. The molecule has 3 N–H and O–H groups in total. The maximum Gasteiger partial charge on any atom is 0.573 e. The fourth-order valence-electron chi connectivity index (χ4n) is 1.73. The Labute approximate surface area is 148 Å². The first-order valence-electron chi connectivity index (χ1n) is 6.72. The summed E-state index contributed by atoms with van der Waals surface area (Å²) in [6, 6.07) is 10.4. The van der Waals surface area contributed by atoms with E-state index in [1.54, 1.807) is 24.3 Å². The van der Waals surface area contributed by atoms with Crippen molar-refractivity contribution < 1.29 is 27.5 Å². The summed E-state index contributed by atoms with van der Waals surface area (Å²) in [6.45, 7) is 0. The van der Waals surface area contributed by atoms with Gasteiger partial charge in [0.15, 0.2) is 0 Å². The zero-order valence-corrected chi connectivity index (χ0v) is 13.9. The van der Waals surface area contributed by atoms with Crippen molar-refractivity contribution in [3.05, 3.63) is 58.6 Å². The summed E-state index contributed by atoms with van der Waals surface area (Å²) in [5.74, 6) is -0.961. The molecule has 2 aromatic rings. The van der Waals surface area contributed by atoms with E-state index in [2.05, 4.69) is 36.8 Å². The molecule has 0 saturated carbocycles. The van der Waals surface area contributed by atoms with Gasteiger partial charge in [0.1, 0.15) is 5.75 Å². The predicted octanol–water partition coefficient (Wildman–Crippen LogP) is 3.81. The monoisotopic (exact) mass is 417 g/mol. The van der Waals surface area contributed by atoms with E-state index in [-0.39, 0.29) is 5.69 Å². The van der Waals surface area contributed by atoms with E-state index in [9.17, 15) is 22.8 Å². The fraction of sp³-hybridized carbons (Fsp3) is 0.0667. The smallest absolute Gasteiger partial charge is 0.406 e. The molecule has 0 aliphatic heterocycles. The van der Waals surface area contributed by atoms with E-state index in [1.807, 2.05) is 0 Å². The Morgan fingerprint density at radius 2 is 1.60 bits per heavy atom. The van der Waals surface area contributed by atoms with Gasteiger partial charge in [-0.05, 0) is 52.3 Å². The fourth-order valence-corrected chi connectivity index (χ4v) is 2.19. The number of hydrogen-bond donors (Lipinski definition) is 3. The molecule has 0 atom stereocenters. The molecular weight excluding hydrogens is 407 g/mol. The molecule has 0 saturated heterocycles. The summed E-state index contributed by atoms with van der Waals surface area (Å²) in [5, 5.41) is 2.34. The minimum Gasteiger partial charge on any atom is -0.406 e. The second-order valence-corrected chi connectivity index (χ2v) is 5.44. The van der Waals surface area contributed by atoms with E-state index in [4.69, 9.17) is 0 Å². The number of urea groups is 1. The molecule has 10 heteroatoms. The molecule has 6 nitrogen and oxygen atoms in total. The van der Waals surface area contributed by atoms with Gasteiger partial charge in [0.05, 0.1) is 5.56 Å². The van der Waals surface area contributed by atoms with E-state index >= 15 is 0 Å². The van der Waals surface area contributed by atoms with Crippen molar-refractivity contribution >= 4 is 33.6 Å². The first-order chi connectivity index (χ1) is 11.7. The van der Waals surface area contributed by atoms with Gasteiger partial charge >= 0.3 is 12.4 Å². The van der Waals surface area contributed by atoms with Crippen molar-refractivity contribution in [3.8, 4) is 5.75 Å². The van der Waals surface area contributed by atoms with Crippen LogP contribution in [0, 0.1) is 0 Å². The Balaban J connectivity index is 1.86. The second-order valence-electron chi connectivity index (χ2n) is 4.59. The van der Waals surface area contributed by atoms with Crippen molar-refractivity contribution in [2.75, 3.05) is 5.32 Å². The SMILES string of the molecule is O=C(NNC(=O)c1ccccc1Br)Nc1ccc(OC(F)(F)F)cc1. The van der Waals surface area contributed by atoms with Crippen LogP contribution in [0.1, 0.15) is 10.4 Å². The lowest BCUT2D eigenvalue weighted by atomic mass is 10.2. The van der Waals surface area contributed by atoms with E-state index < -0.39 is 24.1 Å². The summed E-state index contributed by atoms with van der Waals surface area (Å²) in [6.07, 6.45) is -4.79. The number of ether oxygens (including phenoxy) is 1. The number of hydrogen-bond acceptors (Lipinski definition) is 3. The van der Waals surface area contributed by atoms with Crippen molar-refractivity contribution in [1.82, 2.24) is 10.9 Å². The van der Waals surface area contributed by atoms with Gasteiger partial charge in [0, 0.05) is 10.2 Å². The number of amides is 3. The minimum absolute atomic E-state index is 0.210. The molecule has 0 spiro atoms. The zero-order chi connectivity index (χ0) is 18.4. The lowest BCUT2D eigenvalue weighted by Gasteiger charge is -2.11. The third-order valence-corrected chi connectivity index (χ3v) is 3.45. The first-order valence-corrected chi connectivity index (χ1v) is 7.51. The topological polar surface area (TPSA) is 79.5 Å². The highest BCUT2D eigenvalue weighted by Crippen LogP contribution is 2.23. The van der Waals surface area contributed by atoms with Crippen LogP contribution in [0.4, 0.5) is 23.7 Å². The van der Waals surface area contributed by atoms with Crippen LogP contribution in [0.3, 0.4) is 0 Å². The molecule has 25 heavy (non-hydrogen) atoms. The van der Waals surface area contributed by atoms with Crippen molar-refractivity contribution in [3.63, 3.8) is 0 Å². The molecule has 2 aromatic carbocycles. The molecule has 0 aromatic heterocycles. The van der Waals surface area contributed by atoms with Gasteiger partial charge in [-0.2, -0.15) is 0 Å². The number of halogens is 4. The second kappa shape index (κ2) is 7.88. The molecule has 2 rings (SSSR count). The summed E-state index contributed by atoms with van der Waals surface area (Å²) >= 11 is 3.20. The van der Waals surface area contributed by atoms with Crippen LogP contribution in [0.2, 0.25) is 0 Å². The van der Waals surface area contributed by atoms with Crippen LogP contribution >= 0.6 is 15.9 Å².